The molecule has 1 saturated heterocycles. The molecule has 12 heavy (non-hydrogen) atoms. The minimum absolute atomic E-state index is 0.0347. The quantitative estimate of drug-likeness (QED) is 0.635. The lowest BCUT2D eigenvalue weighted by Gasteiger charge is -2.48. The van der Waals surface area contributed by atoms with Crippen LogP contribution in [0.25, 0.3) is 0 Å². The van der Waals surface area contributed by atoms with Crippen molar-refractivity contribution in [1.29, 1.82) is 0 Å². The van der Waals surface area contributed by atoms with Crippen LogP contribution in [0, 0.1) is 0 Å². The molecule has 0 aliphatic carbocycles. The first-order valence-corrected chi connectivity index (χ1v) is 4.62. The molecule has 2 N–H and O–H groups in total. The topological polar surface area (TPSA) is 46.3 Å². The minimum atomic E-state index is -0.234. The Morgan fingerprint density at radius 1 is 1.58 bits per heavy atom. The van der Waals surface area contributed by atoms with Gasteiger partial charge in [0.2, 0.25) is 5.91 Å². The molecule has 1 aliphatic rings. The molecule has 0 saturated carbocycles. The molecule has 1 aliphatic heterocycles. The van der Waals surface area contributed by atoms with Gasteiger partial charge >= 0.3 is 0 Å². The predicted octanol–water partition coefficient (Wildman–Crippen LogP) is 0.735. The molecule has 1 unspecified atom stereocenters. The van der Waals surface area contributed by atoms with E-state index >= 15 is 0 Å². The average Bonchev–Trinajstić information content (AvgIpc) is 2.12. The van der Waals surface area contributed by atoms with Gasteiger partial charge in [0.05, 0.1) is 0 Å². The van der Waals surface area contributed by atoms with Crippen molar-refractivity contribution in [3.63, 3.8) is 0 Å². The molecule has 3 heteroatoms. The minimum Gasteiger partial charge on any atom is -0.334 e. The van der Waals surface area contributed by atoms with Crippen molar-refractivity contribution in [2.75, 3.05) is 6.54 Å². The van der Waals surface area contributed by atoms with Crippen LogP contribution in [0.4, 0.5) is 0 Å². The molecule has 1 fully saturated rings. The number of hydrogen-bond acceptors (Lipinski definition) is 2. The van der Waals surface area contributed by atoms with Gasteiger partial charge in [0.1, 0.15) is 6.04 Å². The third-order valence-electron chi connectivity index (χ3n) is 3.14. The molecular weight excluding hydrogens is 152 g/mol. The van der Waals surface area contributed by atoms with Gasteiger partial charge in [-0.2, -0.15) is 0 Å². The molecule has 0 aromatic heterocycles. The third-order valence-corrected chi connectivity index (χ3v) is 3.14. The van der Waals surface area contributed by atoms with Gasteiger partial charge in [0, 0.05) is 12.1 Å². The van der Waals surface area contributed by atoms with Gasteiger partial charge in [0.25, 0.3) is 0 Å². The summed E-state index contributed by atoms with van der Waals surface area (Å²) in [6.07, 6.45) is 2.00. The van der Waals surface area contributed by atoms with Crippen LogP contribution >= 0.6 is 0 Å². The standard InChI is InChI=1S/C9H18N2O/c1-4-9(3,5-2)11-6-7(10)8(11)12/h7H,4-6,10H2,1-3H3. The summed E-state index contributed by atoms with van der Waals surface area (Å²) in [7, 11) is 0. The number of hydrogen-bond donors (Lipinski definition) is 1. The van der Waals surface area contributed by atoms with E-state index in [1.165, 1.54) is 0 Å². The maximum Gasteiger partial charge on any atom is 0.241 e. The highest BCUT2D eigenvalue weighted by molar-refractivity contribution is 5.88. The zero-order valence-electron chi connectivity index (χ0n) is 8.13. The van der Waals surface area contributed by atoms with Crippen LogP contribution in [0.3, 0.4) is 0 Å². The second-order valence-electron chi connectivity index (χ2n) is 3.76. The third kappa shape index (κ3) is 1.22. The van der Waals surface area contributed by atoms with E-state index in [1.807, 2.05) is 4.90 Å². The molecule has 1 atom stereocenters. The summed E-state index contributed by atoms with van der Waals surface area (Å²) in [5.41, 5.74) is 5.56. The van der Waals surface area contributed by atoms with Crippen molar-refractivity contribution in [3.05, 3.63) is 0 Å². The zero-order valence-corrected chi connectivity index (χ0v) is 8.13. The van der Waals surface area contributed by atoms with Gasteiger partial charge in [0.15, 0.2) is 0 Å². The fourth-order valence-corrected chi connectivity index (χ4v) is 1.57. The lowest BCUT2D eigenvalue weighted by atomic mass is 9.88. The molecule has 1 amide bonds. The van der Waals surface area contributed by atoms with Gasteiger partial charge in [-0.3, -0.25) is 4.79 Å². The number of nitrogens with zero attached hydrogens (tertiary/aromatic N) is 1. The van der Waals surface area contributed by atoms with E-state index in [2.05, 4.69) is 20.8 Å². The second-order valence-corrected chi connectivity index (χ2v) is 3.76. The van der Waals surface area contributed by atoms with Crippen molar-refractivity contribution in [2.24, 2.45) is 5.73 Å². The zero-order chi connectivity index (χ0) is 9.35. The molecular formula is C9H18N2O. The summed E-state index contributed by atoms with van der Waals surface area (Å²) in [4.78, 5) is 13.2. The molecule has 0 bridgehead atoms. The van der Waals surface area contributed by atoms with Gasteiger partial charge in [-0.05, 0) is 19.8 Å². The normalized spacial score (nSPS) is 24.2. The SMILES string of the molecule is CCC(C)(CC)N1CC(N)C1=O. The Morgan fingerprint density at radius 3 is 2.33 bits per heavy atom. The molecule has 1 rings (SSSR count). The summed E-state index contributed by atoms with van der Waals surface area (Å²) in [5, 5.41) is 0. The first-order valence-electron chi connectivity index (χ1n) is 4.62. The van der Waals surface area contributed by atoms with Gasteiger partial charge in [-0.15, -0.1) is 0 Å². The molecule has 70 valence electrons. The van der Waals surface area contributed by atoms with E-state index in [4.69, 9.17) is 5.73 Å². The Hall–Kier alpha value is -0.570. The Balaban J connectivity index is 2.64. The monoisotopic (exact) mass is 170 g/mol. The lowest BCUT2D eigenvalue weighted by Crippen LogP contribution is -2.67. The number of carbonyl (C=O) groups excluding carboxylic acids is 1. The van der Waals surface area contributed by atoms with Crippen LogP contribution in [0.1, 0.15) is 33.6 Å². The fourth-order valence-electron chi connectivity index (χ4n) is 1.57. The van der Waals surface area contributed by atoms with Crippen LogP contribution in [-0.4, -0.2) is 28.9 Å². The van der Waals surface area contributed by atoms with Crippen molar-refractivity contribution in [2.45, 2.75) is 45.2 Å². The summed E-state index contributed by atoms with van der Waals surface area (Å²) in [6, 6.07) is -0.234. The summed E-state index contributed by atoms with van der Waals surface area (Å²) < 4.78 is 0. The smallest absolute Gasteiger partial charge is 0.241 e. The van der Waals surface area contributed by atoms with Crippen LogP contribution in [0.2, 0.25) is 0 Å². The largest absolute Gasteiger partial charge is 0.334 e. The number of β-lactam (4-membered cyclic amide) rings is 1. The Kier molecular flexibility index (Phi) is 2.42. The van der Waals surface area contributed by atoms with Gasteiger partial charge in [-0.1, -0.05) is 13.8 Å². The molecule has 1 heterocycles. The highest BCUT2D eigenvalue weighted by atomic mass is 16.2. The molecule has 0 radical (unpaired) electrons. The van der Waals surface area contributed by atoms with E-state index in [-0.39, 0.29) is 17.5 Å². The fraction of sp³-hybridized carbons (Fsp3) is 0.889. The molecule has 3 nitrogen and oxygen atoms in total. The number of nitrogens with two attached hydrogens (primary N) is 1. The molecule has 0 spiro atoms. The number of amides is 1. The summed E-state index contributed by atoms with van der Waals surface area (Å²) in [5.74, 6) is 0.112. The van der Waals surface area contributed by atoms with Crippen molar-refractivity contribution >= 4 is 5.91 Å². The van der Waals surface area contributed by atoms with E-state index in [0.717, 1.165) is 19.4 Å². The summed E-state index contributed by atoms with van der Waals surface area (Å²) in [6.45, 7) is 7.08. The first-order chi connectivity index (χ1) is 5.55. The van der Waals surface area contributed by atoms with Crippen LogP contribution < -0.4 is 5.73 Å². The molecule has 0 aromatic rings. The lowest BCUT2D eigenvalue weighted by molar-refractivity contribution is -0.151. The Morgan fingerprint density at radius 2 is 2.08 bits per heavy atom. The number of likely N-dealkylation sites (tertiary alicyclic amines) is 1. The van der Waals surface area contributed by atoms with Crippen LogP contribution in [-0.2, 0) is 4.79 Å². The van der Waals surface area contributed by atoms with Crippen molar-refractivity contribution < 1.29 is 4.79 Å². The second kappa shape index (κ2) is 3.05. The van der Waals surface area contributed by atoms with Crippen molar-refractivity contribution in [3.8, 4) is 0 Å². The van der Waals surface area contributed by atoms with Gasteiger partial charge in [-0.25, -0.2) is 0 Å². The van der Waals surface area contributed by atoms with Crippen LogP contribution in [0.5, 0.6) is 0 Å². The van der Waals surface area contributed by atoms with Crippen LogP contribution in [0.15, 0.2) is 0 Å². The maximum absolute atomic E-state index is 11.3. The summed E-state index contributed by atoms with van der Waals surface area (Å²) >= 11 is 0. The number of carbonyl (C=O) groups is 1. The predicted molar refractivity (Wildman–Crippen MR) is 48.7 cm³/mol. The highest BCUT2D eigenvalue weighted by Crippen LogP contribution is 2.28. The van der Waals surface area contributed by atoms with E-state index in [9.17, 15) is 4.79 Å². The van der Waals surface area contributed by atoms with E-state index in [0.29, 0.717) is 0 Å². The highest BCUT2D eigenvalue weighted by Gasteiger charge is 2.43. The van der Waals surface area contributed by atoms with E-state index in [1.54, 1.807) is 0 Å². The van der Waals surface area contributed by atoms with Gasteiger partial charge < -0.3 is 10.6 Å². The Bertz CT molecular complexity index is 187. The Labute approximate surface area is 73.9 Å². The first kappa shape index (κ1) is 9.52. The maximum atomic E-state index is 11.3. The van der Waals surface area contributed by atoms with Crippen molar-refractivity contribution in [1.82, 2.24) is 4.90 Å². The number of rotatable bonds is 3. The average molecular weight is 170 g/mol. The van der Waals surface area contributed by atoms with E-state index < -0.39 is 0 Å². The molecule has 0 aromatic carbocycles.